The summed E-state index contributed by atoms with van der Waals surface area (Å²) in [7, 11) is 1.49. The van der Waals surface area contributed by atoms with Crippen molar-refractivity contribution >= 4 is 17.7 Å². The molecule has 7 nitrogen and oxygen atoms in total. The minimum atomic E-state index is -1.05. The average molecular weight is 384 g/mol. The van der Waals surface area contributed by atoms with E-state index in [1.54, 1.807) is 6.92 Å². The van der Waals surface area contributed by atoms with E-state index in [9.17, 15) is 9.59 Å². The van der Waals surface area contributed by atoms with Crippen molar-refractivity contribution in [3.8, 4) is 0 Å². The minimum Gasteiger partial charge on any atom is -0.445 e. The molecule has 0 fully saturated rings. The number of methoxy groups -OCH3 is 1. The second kappa shape index (κ2) is 9.34. The van der Waals surface area contributed by atoms with E-state index in [0.29, 0.717) is 18.5 Å². The fourth-order valence-electron chi connectivity index (χ4n) is 2.97. The number of amides is 2. The summed E-state index contributed by atoms with van der Waals surface area (Å²) in [6.07, 6.45) is -1.39. The quantitative estimate of drug-likeness (QED) is 0.742. The van der Waals surface area contributed by atoms with Crippen LogP contribution in [0.3, 0.4) is 0 Å². The number of aryl methyl sites for hydroxylation is 1. The summed E-state index contributed by atoms with van der Waals surface area (Å²) in [6, 6.07) is 16.9. The Bertz CT molecular complexity index is 811. The van der Waals surface area contributed by atoms with Gasteiger partial charge in [0.05, 0.1) is 5.69 Å². The van der Waals surface area contributed by atoms with Crippen LogP contribution in [0.15, 0.2) is 54.6 Å². The van der Waals surface area contributed by atoms with Crippen molar-refractivity contribution in [1.82, 2.24) is 5.32 Å². The average Bonchev–Trinajstić information content (AvgIpc) is 2.72. The molecule has 148 valence electrons. The van der Waals surface area contributed by atoms with Gasteiger partial charge in [0.15, 0.2) is 6.29 Å². The molecule has 0 saturated heterocycles. The smallest absolute Gasteiger partial charge is 0.410 e. The molecule has 2 amide bonds. The molecule has 0 aliphatic carbocycles. The molecular formula is C21H24N2O5. The minimum absolute atomic E-state index is 0.115. The van der Waals surface area contributed by atoms with Crippen LogP contribution in [0.4, 0.5) is 10.5 Å². The Kier molecular flexibility index (Phi) is 6.62. The second-order valence-electron chi connectivity index (χ2n) is 6.39. The van der Waals surface area contributed by atoms with Crippen LogP contribution in [0.2, 0.25) is 0 Å². The van der Waals surface area contributed by atoms with Crippen LogP contribution < -0.4 is 10.2 Å². The number of benzene rings is 2. The van der Waals surface area contributed by atoms with Gasteiger partial charge in [-0.3, -0.25) is 15.0 Å². The number of hydrogen-bond acceptors (Lipinski definition) is 5. The molecule has 7 heteroatoms. The summed E-state index contributed by atoms with van der Waals surface area (Å²) in [4.78, 5) is 26.5. The highest BCUT2D eigenvalue weighted by Crippen LogP contribution is 2.29. The highest BCUT2D eigenvalue weighted by atomic mass is 16.7. The molecule has 2 aromatic rings. The van der Waals surface area contributed by atoms with E-state index in [4.69, 9.17) is 14.2 Å². The number of hydrogen-bond donors (Lipinski definition) is 1. The molecule has 2 aromatic carbocycles. The van der Waals surface area contributed by atoms with Gasteiger partial charge in [-0.15, -0.1) is 0 Å². The molecule has 3 rings (SSSR count). The van der Waals surface area contributed by atoms with Gasteiger partial charge >= 0.3 is 6.09 Å². The zero-order valence-corrected chi connectivity index (χ0v) is 16.0. The molecule has 1 aliphatic heterocycles. The van der Waals surface area contributed by atoms with Gasteiger partial charge in [-0.2, -0.15) is 0 Å². The molecule has 1 aliphatic rings. The van der Waals surface area contributed by atoms with Gasteiger partial charge in [-0.25, -0.2) is 4.79 Å². The number of carbonyl (C=O) groups excluding carboxylic acids is 2. The summed E-state index contributed by atoms with van der Waals surface area (Å²) in [6.45, 7) is 1.80. The Morgan fingerprint density at radius 2 is 1.82 bits per heavy atom. The van der Waals surface area contributed by atoms with Gasteiger partial charge in [-0.1, -0.05) is 48.5 Å². The lowest BCUT2D eigenvalue weighted by Crippen LogP contribution is -2.55. The van der Waals surface area contributed by atoms with E-state index in [-0.39, 0.29) is 12.5 Å². The van der Waals surface area contributed by atoms with Crippen LogP contribution in [0.5, 0.6) is 0 Å². The molecule has 0 spiro atoms. The number of nitrogens with zero attached hydrogens (tertiary/aromatic N) is 1. The Morgan fingerprint density at radius 1 is 1.11 bits per heavy atom. The number of rotatable bonds is 7. The highest BCUT2D eigenvalue weighted by molar-refractivity contribution is 5.97. The van der Waals surface area contributed by atoms with Crippen molar-refractivity contribution in [2.75, 3.05) is 12.0 Å². The summed E-state index contributed by atoms with van der Waals surface area (Å²) < 4.78 is 16.2. The van der Waals surface area contributed by atoms with E-state index in [1.807, 2.05) is 54.6 Å². The standard InChI is InChI=1S/C21H24N2O5/c1-15(26-2)28-20(22-21(25)27-14-16-8-4-3-5-9-16)23-18-11-7-6-10-17(18)12-13-19(23)24/h3-11,15,20H,12-14H2,1-2H3,(H,22,25). The molecule has 28 heavy (non-hydrogen) atoms. The Balaban J connectivity index is 1.75. The molecule has 0 radical (unpaired) electrons. The Hall–Kier alpha value is -2.90. The van der Waals surface area contributed by atoms with Crippen LogP contribution >= 0.6 is 0 Å². The lowest BCUT2D eigenvalue weighted by atomic mass is 10.0. The van der Waals surface area contributed by atoms with E-state index in [0.717, 1.165) is 11.1 Å². The largest absolute Gasteiger partial charge is 0.445 e. The second-order valence-corrected chi connectivity index (χ2v) is 6.39. The van der Waals surface area contributed by atoms with E-state index >= 15 is 0 Å². The van der Waals surface area contributed by atoms with Crippen molar-refractivity contribution < 1.29 is 23.8 Å². The first-order chi connectivity index (χ1) is 13.6. The molecule has 0 aromatic heterocycles. The molecular weight excluding hydrogens is 360 g/mol. The summed E-state index contributed by atoms with van der Waals surface area (Å²) in [5.74, 6) is -0.143. The molecule has 1 heterocycles. The third-order valence-electron chi connectivity index (χ3n) is 4.47. The van der Waals surface area contributed by atoms with Crippen molar-refractivity contribution in [2.45, 2.75) is 39.0 Å². The topological polar surface area (TPSA) is 77.1 Å². The van der Waals surface area contributed by atoms with Gasteiger partial charge < -0.3 is 14.2 Å². The SMILES string of the molecule is COC(C)OC(NC(=O)OCc1ccccc1)N1C(=O)CCc2ccccc21. The number of alkyl carbamates (subject to hydrolysis) is 1. The zero-order valence-electron chi connectivity index (χ0n) is 16.0. The Morgan fingerprint density at radius 3 is 2.57 bits per heavy atom. The van der Waals surface area contributed by atoms with Crippen LogP contribution in [0.1, 0.15) is 24.5 Å². The van der Waals surface area contributed by atoms with Gasteiger partial charge in [0, 0.05) is 13.5 Å². The maximum Gasteiger partial charge on any atom is 0.410 e. The number of carbonyl (C=O) groups is 2. The fourth-order valence-corrected chi connectivity index (χ4v) is 2.97. The van der Waals surface area contributed by atoms with Gasteiger partial charge in [0.2, 0.25) is 12.3 Å². The first-order valence-electron chi connectivity index (χ1n) is 9.14. The molecule has 1 N–H and O–H groups in total. The van der Waals surface area contributed by atoms with Gasteiger partial charge in [-0.05, 0) is 30.5 Å². The van der Waals surface area contributed by atoms with Gasteiger partial charge in [0.1, 0.15) is 6.61 Å². The summed E-state index contributed by atoms with van der Waals surface area (Å²) >= 11 is 0. The number of anilines is 1. The van der Waals surface area contributed by atoms with E-state index < -0.39 is 18.7 Å². The normalized spacial score (nSPS) is 15.5. The van der Waals surface area contributed by atoms with Crippen molar-refractivity contribution in [1.29, 1.82) is 0 Å². The third kappa shape index (κ3) is 4.88. The van der Waals surface area contributed by atoms with Gasteiger partial charge in [0.25, 0.3) is 0 Å². The zero-order chi connectivity index (χ0) is 19.9. The molecule has 2 unspecified atom stereocenters. The third-order valence-corrected chi connectivity index (χ3v) is 4.47. The van der Waals surface area contributed by atoms with Crippen LogP contribution in [-0.2, 0) is 32.0 Å². The molecule has 2 atom stereocenters. The molecule has 0 bridgehead atoms. The van der Waals surface area contributed by atoms with E-state index in [1.165, 1.54) is 12.0 Å². The number of para-hydroxylation sites is 1. The number of fused-ring (bicyclic) bond motifs is 1. The lowest BCUT2D eigenvalue weighted by Gasteiger charge is -2.36. The first kappa shape index (κ1) is 19.9. The van der Waals surface area contributed by atoms with Crippen molar-refractivity contribution in [3.63, 3.8) is 0 Å². The van der Waals surface area contributed by atoms with Crippen LogP contribution in [-0.4, -0.2) is 31.8 Å². The number of ether oxygens (including phenoxy) is 3. The lowest BCUT2D eigenvalue weighted by molar-refractivity contribution is -0.155. The monoisotopic (exact) mass is 384 g/mol. The predicted molar refractivity (Wildman–Crippen MR) is 103 cm³/mol. The predicted octanol–water partition coefficient (Wildman–Crippen LogP) is 3.18. The number of nitrogens with one attached hydrogen (secondary N) is 1. The Labute approximate surface area is 164 Å². The van der Waals surface area contributed by atoms with Crippen molar-refractivity contribution in [3.05, 3.63) is 65.7 Å². The maximum absolute atomic E-state index is 12.6. The first-order valence-corrected chi connectivity index (χ1v) is 9.14. The van der Waals surface area contributed by atoms with Crippen LogP contribution in [0, 0.1) is 0 Å². The summed E-state index contributed by atoms with van der Waals surface area (Å²) in [5, 5.41) is 2.64. The highest BCUT2D eigenvalue weighted by Gasteiger charge is 2.33. The maximum atomic E-state index is 12.6. The fraction of sp³-hybridized carbons (Fsp3) is 0.333. The molecule has 0 saturated carbocycles. The van der Waals surface area contributed by atoms with Crippen LogP contribution in [0.25, 0.3) is 0 Å². The van der Waals surface area contributed by atoms with Crippen molar-refractivity contribution in [2.24, 2.45) is 0 Å². The van der Waals surface area contributed by atoms with E-state index in [2.05, 4.69) is 5.32 Å². The summed E-state index contributed by atoms with van der Waals surface area (Å²) in [5.41, 5.74) is 2.58.